The number of aryl methyl sites for hydroxylation is 2. The zero-order valence-corrected chi connectivity index (χ0v) is 18.6. The first kappa shape index (κ1) is 23.0. The van der Waals surface area contributed by atoms with Crippen LogP contribution in [-0.4, -0.2) is 35.3 Å². The summed E-state index contributed by atoms with van der Waals surface area (Å²) in [5.74, 6) is -0.482. The molecule has 0 unspecified atom stereocenters. The lowest BCUT2D eigenvalue weighted by Crippen LogP contribution is -2.20. The van der Waals surface area contributed by atoms with E-state index < -0.39 is 5.97 Å². The first-order chi connectivity index (χ1) is 15.3. The largest absolute Gasteiger partial charge is 0.482 e. The van der Waals surface area contributed by atoms with Gasteiger partial charge in [-0.2, -0.15) is 0 Å². The third-order valence-electron chi connectivity index (χ3n) is 5.32. The van der Waals surface area contributed by atoms with E-state index in [0.29, 0.717) is 16.9 Å². The van der Waals surface area contributed by atoms with Crippen molar-refractivity contribution < 1.29 is 23.9 Å². The van der Waals surface area contributed by atoms with Crippen LogP contribution in [0, 0.1) is 13.8 Å². The van der Waals surface area contributed by atoms with Gasteiger partial charge in [0.2, 0.25) is 5.78 Å². The molecule has 0 amide bonds. The van der Waals surface area contributed by atoms with Gasteiger partial charge in [0.05, 0.1) is 0 Å². The first-order valence-electron chi connectivity index (χ1n) is 10.5. The zero-order valence-electron chi connectivity index (χ0n) is 18.6. The van der Waals surface area contributed by atoms with Gasteiger partial charge in [0.1, 0.15) is 5.75 Å². The van der Waals surface area contributed by atoms with Crippen LogP contribution in [0.15, 0.2) is 60.7 Å². The molecular weight excluding hydrogens is 406 g/mol. The fourth-order valence-corrected chi connectivity index (χ4v) is 3.51. The Morgan fingerprint density at radius 3 is 2.25 bits per heavy atom. The van der Waals surface area contributed by atoms with Crippen molar-refractivity contribution in [3.8, 4) is 5.75 Å². The molecule has 32 heavy (non-hydrogen) atoms. The summed E-state index contributed by atoms with van der Waals surface area (Å²) in [4.78, 5) is 35.9. The molecule has 1 aromatic heterocycles. The van der Waals surface area contributed by atoms with Gasteiger partial charge in [0, 0.05) is 29.1 Å². The number of carbonyl (C=O) groups excluding carboxylic acids is 3. The Kier molecular flexibility index (Phi) is 7.60. The van der Waals surface area contributed by atoms with Crippen LogP contribution >= 0.6 is 0 Å². The molecule has 6 heteroatoms. The molecule has 2 aromatic carbocycles. The van der Waals surface area contributed by atoms with E-state index in [1.165, 1.54) is 12.5 Å². The Labute approximate surface area is 187 Å². The van der Waals surface area contributed by atoms with E-state index in [1.807, 2.05) is 38.1 Å². The molecule has 0 bridgehead atoms. The summed E-state index contributed by atoms with van der Waals surface area (Å²) in [7, 11) is 0. The van der Waals surface area contributed by atoms with Crippen molar-refractivity contribution in [2.24, 2.45) is 0 Å². The van der Waals surface area contributed by atoms with Crippen LogP contribution in [0.25, 0.3) is 0 Å². The predicted octanol–water partition coefficient (Wildman–Crippen LogP) is 4.36. The van der Waals surface area contributed by atoms with Crippen molar-refractivity contribution in [3.63, 3.8) is 0 Å². The van der Waals surface area contributed by atoms with Gasteiger partial charge < -0.3 is 14.0 Å². The summed E-state index contributed by atoms with van der Waals surface area (Å²) >= 11 is 0. The smallest absolute Gasteiger partial charge is 0.344 e. The van der Waals surface area contributed by atoms with Crippen LogP contribution in [0.5, 0.6) is 5.75 Å². The van der Waals surface area contributed by atoms with Crippen LogP contribution in [0.4, 0.5) is 0 Å². The van der Waals surface area contributed by atoms with Crippen LogP contribution in [-0.2, 0) is 22.5 Å². The molecule has 0 fully saturated rings. The molecule has 0 N–H and O–H groups in total. The SMILES string of the molecule is CC(=O)c1ccc(OCC(=O)OCC(=O)c2cc(C)n(CCc3ccccc3)c2C)cc1. The normalized spacial score (nSPS) is 10.6. The number of ether oxygens (including phenoxy) is 2. The van der Waals surface area contributed by atoms with Gasteiger partial charge in [-0.05, 0) is 63.1 Å². The second-order valence-corrected chi connectivity index (χ2v) is 7.63. The zero-order chi connectivity index (χ0) is 23.1. The van der Waals surface area contributed by atoms with Gasteiger partial charge in [-0.15, -0.1) is 0 Å². The lowest BCUT2D eigenvalue weighted by atomic mass is 10.1. The molecule has 3 rings (SSSR count). The number of ketones is 2. The van der Waals surface area contributed by atoms with Gasteiger partial charge in [-0.25, -0.2) is 4.79 Å². The maximum Gasteiger partial charge on any atom is 0.344 e. The Balaban J connectivity index is 1.50. The van der Waals surface area contributed by atoms with Gasteiger partial charge in [-0.1, -0.05) is 30.3 Å². The van der Waals surface area contributed by atoms with Gasteiger partial charge in [-0.3, -0.25) is 9.59 Å². The average molecular weight is 434 g/mol. The molecule has 0 saturated heterocycles. The molecule has 0 radical (unpaired) electrons. The number of hydrogen-bond donors (Lipinski definition) is 0. The fourth-order valence-electron chi connectivity index (χ4n) is 3.51. The quantitative estimate of drug-likeness (QED) is 0.351. The third kappa shape index (κ3) is 5.94. The van der Waals surface area contributed by atoms with Crippen molar-refractivity contribution in [1.29, 1.82) is 0 Å². The summed E-state index contributed by atoms with van der Waals surface area (Å²) in [6.07, 6.45) is 0.866. The minimum atomic E-state index is -0.633. The molecule has 0 atom stereocenters. The highest BCUT2D eigenvalue weighted by Gasteiger charge is 2.17. The summed E-state index contributed by atoms with van der Waals surface area (Å²) in [6, 6.07) is 18.5. The monoisotopic (exact) mass is 433 g/mol. The molecule has 0 aliphatic rings. The highest BCUT2D eigenvalue weighted by atomic mass is 16.6. The highest BCUT2D eigenvalue weighted by molar-refractivity contribution is 5.99. The first-order valence-corrected chi connectivity index (χ1v) is 10.5. The Hall–Kier alpha value is -3.67. The summed E-state index contributed by atoms with van der Waals surface area (Å²) in [5, 5.41) is 0. The molecule has 0 aliphatic heterocycles. The number of hydrogen-bond acceptors (Lipinski definition) is 5. The second kappa shape index (κ2) is 10.6. The Bertz CT molecular complexity index is 1100. The molecule has 6 nitrogen and oxygen atoms in total. The third-order valence-corrected chi connectivity index (χ3v) is 5.32. The number of aromatic nitrogens is 1. The van der Waals surface area contributed by atoms with E-state index in [0.717, 1.165) is 24.4 Å². The average Bonchev–Trinajstić information content (AvgIpc) is 3.08. The highest BCUT2D eigenvalue weighted by Crippen LogP contribution is 2.17. The van der Waals surface area contributed by atoms with Crippen molar-refractivity contribution >= 4 is 17.5 Å². The number of carbonyl (C=O) groups is 3. The predicted molar refractivity (Wildman–Crippen MR) is 121 cm³/mol. The van der Waals surface area contributed by atoms with Crippen LogP contribution < -0.4 is 4.74 Å². The van der Waals surface area contributed by atoms with E-state index >= 15 is 0 Å². The maximum atomic E-state index is 12.6. The van der Waals surface area contributed by atoms with E-state index in [4.69, 9.17) is 9.47 Å². The minimum absolute atomic E-state index is 0.0473. The maximum absolute atomic E-state index is 12.6. The fraction of sp³-hybridized carbons (Fsp3) is 0.269. The van der Waals surface area contributed by atoms with Crippen molar-refractivity contribution in [2.75, 3.05) is 13.2 Å². The topological polar surface area (TPSA) is 74.6 Å². The number of nitrogens with zero attached hydrogens (tertiary/aromatic N) is 1. The van der Waals surface area contributed by atoms with Crippen molar-refractivity contribution in [1.82, 2.24) is 4.57 Å². The van der Waals surface area contributed by atoms with E-state index in [2.05, 4.69) is 16.7 Å². The summed E-state index contributed by atoms with van der Waals surface area (Å²) in [5.41, 5.74) is 4.21. The van der Waals surface area contributed by atoms with Crippen LogP contribution in [0.1, 0.15) is 44.6 Å². The minimum Gasteiger partial charge on any atom is -0.482 e. The molecule has 166 valence electrons. The second-order valence-electron chi connectivity index (χ2n) is 7.63. The molecular formula is C26H27NO5. The van der Waals surface area contributed by atoms with E-state index in [1.54, 1.807) is 24.3 Å². The Morgan fingerprint density at radius 1 is 0.906 bits per heavy atom. The number of esters is 1. The van der Waals surface area contributed by atoms with Crippen LogP contribution in [0.3, 0.4) is 0 Å². The lowest BCUT2D eigenvalue weighted by molar-refractivity contribution is -0.144. The summed E-state index contributed by atoms with van der Waals surface area (Å²) in [6.45, 7) is 5.46. The van der Waals surface area contributed by atoms with Crippen LogP contribution in [0.2, 0.25) is 0 Å². The number of rotatable bonds is 10. The molecule has 3 aromatic rings. The van der Waals surface area contributed by atoms with Crippen molar-refractivity contribution in [2.45, 2.75) is 33.7 Å². The van der Waals surface area contributed by atoms with Crippen molar-refractivity contribution in [3.05, 3.63) is 88.7 Å². The van der Waals surface area contributed by atoms with Gasteiger partial charge in [0.15, 0.2) is 19.0 Å². The molecule has 0 aliphatic carbocycles. The molecule has 0 spiro atoms. The lowest BCUT2D eigenvalue weighted by Gasteiger charge is -2.10. The number of benzene rings is 2. The standard InChI is InChI=1S/C26H27NO5/c1-18-15-24(19(2)27(18)14-13-21-7-5-4-6-8-21)25(29)16-32-26(30)17-31-23-11-9-22(10-12-23)20(3)28/h4-12,15H,13-14,16-17H2,1-3H3. The van der Waals surface area contributed by atoms with Gasteiger partial charge in [0.25, 0.3) is 0 Å². The molecule has 0 saturated carbocycles. The number of Topliss-reactive ketones (excluding diaryl/α,β-unsaturated/α-hetero) is 2. The van der Waals surface area contributed by atoms with E-state index in [9.17, 15) is 14.4 Å². The van der Waals surface area contributed by atoms with Gasteiger partial charge >= 0.3 is 5.97 Å². The summed E-state index contributed by atoms with van der Waals surface area (Å²) < 4.78 is 12.6. The molecule has 1 heterocycles. The Morgan fingerprint density at radius 2 is 1.59 bits per heavy atom. The van der Waals surface area contributed by atoms with E-state index in [-0.39, 0.29) is 24.8 Å².